The summed E-state index contributed by atoms with van der Waals surface area (Å²) in [5.74, 6) is 17.3. The minimum absolute atomic E-state index is 0.939. The predicted molar refractivity (Wildman–Crippen MR) is 392 cm³/mol. The van der Waals surface area contributed by atoms with E-state index in [0.29, 0.717) is 0 Å². The molecule has 0 aromatic rings. The van der Waals surface area contributed by atoms with Crippen LogP contribution in [0.2, 0.25) is 0 Å². The van der Waals surface area contributed by atoms with E-state index in [9.17, 15) is 0 Å². The molecule has 7 saturated carbocycles. The Morgan fingerprint density at radius 1 is 0.196 bits per heavy atom. The molecule has 10 nitrogen and oxygen atoms in total. The highest BCUT2D eigenvalue weighted by atomic mass is 15.2. The molecule has 28 atom stereocenters. The quantitative estimate of drug-likeness (QED) is 0.234. The molecular formula is C82H154N10. The van der Waals surface area contributed by atoms with Crippen molar-refractivity contribution in [3.8, 4) is 0 Å². The van der Waals surface area contributed by atoms with Gasteiger partial charge in [-0.05, 0) is 332 Å². The van der Waals surface area contributed by atoms with E-state index in [1.807, 2.05) is 0 Å². The minimum atomic E-state index is 0.939. The molecule has 0 spiro atoms. The maximum atomic E-state index is 2.60. The Labute approximate surface area is 571 Å². The van der Waals surface area contributed by atoms with Gasteiger partial charge in [0, 0.05) is 124 Å². The van der Waals surface area contributed by atoms with Gasteiger partial charge in [0.25, 0.3) is 0 Å². The highest BCUT2D eigenvalue weighted by molar-refractivity contribution is 5.01. The molecule has 28 unspecified atom stereocenters. The van der Waals surface area contributed by atoms with Gasteiger partial charge in [0.05, 0.1) is 0 Å². The van der Waals surface area contributed by atoms with E-state index < -0.39 is 0 Å². The molecule has 7 aliphatic carbocycles. The molecule has 0 N–H and O–H groups in total. The molecule has 0 amide bonds. The average Bonchev–Trinajstić information content (AvgIpc) is 2.42. The lowest BCUT2D eigenvalue weighted by Gasteiger charge is -2.34. The number of piperidine rings is 9. The van der Waals surface area contributed by atoms with Crippen molar-refractivity contribution in [2.75, 3.05) is 116 Å². The third kappa shape index (κ3) is 16.8. The fraction of sp³-hybridized carbons (Fsp3) is 1.00. The fourth-order valence-electron chi connectivity index (χ4n) is 26.0. The van der Waals surface area contributed by atoms with E-state index >= 15 is 0 Å². The summed E-state index contributed by atoms with van der Waals surface area (Å²) in [6.45, 7) is 33.6. The van der Waals surface area contributed by atoms with Crippen LogP contribution in [-0.4, -0.2) is 244 Å². The van der Waals surface area contributed by atoms with Gasteiger partial charge >= 0.3 is 0 Å². The van der Waals surface area contributed by atoms with Crippen molar-refractivity contribution in [3.05, 3.63) is 0 Å². The predicted octanol–water partition coefficient (Wildman–Crippen LogP) is 14.7. The van der Waals surface area contributed by atoms with Gasteiger partial charge in [-0.3, -0.25) is 0 Å². The number of fused-ring (bicyclic) bond motifs is 20. The summed E-state index contributed by atoms with van der Waals surface area (Å²) in [5.41, 5.74) is 0. The van der Waals surface area contributed by atoms with Crippen molar-refractivity contribution in [3.63, 3.8) is 0 Å². The molecule has 20 aliphatic rings. The average molecular weight is 1280 g/mol. The second-order valence-electron chi connectivity index (χ2n) is 38.4. The second-order valence-corrected chi connectivity index (χ2v) is 38.4. The molecule has 20 rings (SSSR count). The maximum Gasteiger partial charge on any atom is 0.0122 e. The van der Waals surface area contributed by atoms with E-state index in [1.54, 1.807) is 0 Å². The first-order valence-electron chi connectivity index (χ1n) is 40.8. The van der Waals surface area contributed by atoms with Crippen molar-refractivity contribution in [1.29, 1.82) is 0 Å². The minimum Gasteiger partial charge on any atom is -0.303 e. The third-order valence-electron chi connectivity index (χ3n) is 31.9. The Balaban J connectivity index is 0.000000105. The fourth-order valence-corrected chi connectivity index (χ4v) is 26.0. The van der Waals surface area contributed by atoms with Gasteiger partial charge < -0.3 is 49.0 Å². The Bertz CT molecular complexity index is 1940. The molecule has 20 bridgehead atoms. The smallest absolute Gasteiger partial charge is 0.0122 e. The third-order valence-corrected chi connectivity index (χ3v) is 31.9. The zero-order chi connectivity index (χ0) is 65.7. The summed E-state index contributed by atoms with van der Waals surface area (Å²) in [4.78, 5) is 25.4. The van der Waals surface area contributed by atoms with Crippen LogP contribution in [0.25, 0.3) is 0 Å². The Kier molecular flexibility index (Phi) is 25.1. The Hall–Kier alpha value is -0.400. The lowest BCUT2D eigenvalue weighted by Crippen LogP contribution is -2.39. The van der Waals surface area contributed by atoms with Crippen LogP contribution in [0, 0.1) is 101 Å². The summed E-state index contributed by atoms with van der Waals surface area (Å²) in [5, 5.41) is 0. The summed E-state index contributed by atoms with van der Waals surface area (Å²) in [7, 11) is 22.7. The van der Waals surface area contributed by atoms with Gasteiger partial charge in [-0.1, -0.05) is 69.2 Å². The molecular weight excluding hydrogens is 1120 g/mol. The highest BCUT2D eigenvalue weighted by Crippen LogP contribution is 2.47. The van der Waals surface area contributed by atoms with Crippen molar-refractivity contribution in [1.82, 2.24) is 49.0 Å². The SMILES string of the molecule is CC1C2CCC1N(C)C2.CC1C2CCC1N(C)C2.CC1CC2CC1CN2C.CC1CC2CC1CN2C.CC1CC2CC1N(C)C2.CC1CC2CC1N(C)C2.CC1CC2CC1N(C)C2.CC1CC2CCC(C1)N2C.CC1CC2CCC(C1)N2C.CC1CC2CCC1N2C. The number of hydrogen-bond donors (Lipinski definition) is 0. The molecule has 0 radical (unpaired) electrons. The van der Waals surface area contributed by atoms with Gasteiger partial charge in [0.1, 0.15) is 0 Å². The summed E-state index contributed by atoms with van der Waals surface area (Å²) < 4.78 is 0. The first-order chi connectivity index (χ1) is 43.8. The zero-order valence-corrected chi connectivity index (χ0v) is 64.4. The molecule has 0 aromatic heterocycles. The van der Waals surface area contributed by atoms with Crippen LogP contribution in [0.5, 0.6) is 0 Å². The van der Waals surface area contributed by atoms with Crippen LogP contribution in [0.3, 0.4) is 0 Å². The van der Waals surface area contributed by atoms with E-state index in [2.05, 4.69) is 189 Å². The highest BCUT2D eigenvalue weighted by Gasteiger charge is 2.47. The van der Waals surface area contributed by atoms with Crippen LogP contribution in [0.4, 0.5) is 0 Å². The van der Waals surface area contributed by atoms with Crippen molar-refractivity contribution in [2.45, 2.75) is 308 Å². The number of hydrogen-bond acceptors (Lipinski definition) is 10. The van der Waals surface area contributed by atoms with Crippen molar-refractivity contribution >= 4 is 0 Å². The molecule has 13 aliphatic heterocycles. The number of rotatable bonds is 0. The van der Waals surface area contributed by atoms with Gasteiger partial charge in [-0.15, -0.1) is 0 Å². The molecule has 13 saturated heterocycles. The van der Waals surface area contributed by atoms with Gasteiger partial charge in [-0.25, -0.2) is 0 Å². The topological polar surface area (TPSA) is 32.4 Å². The molecule has 13 heterocycles. The normalized spacial score (nSPS) is 50.1. The van der Waals surface area contributed by atoms with E-state index in [-0.39, 0.29) is 0 Å². The monoisotopic (exact) mass is 1280 g/mol. The van der Waals surface area contributed by atoms with E-state index in [4.69, 9.17) is 0 Å². The van der Waals surface area contributed by atoms with Gasteiger partial charge in [0.2, 0.25) is 0 Å². The summed E-state index contributed by atoms with van der Waals surface area (Å²) in [6, 6.07) is 12.2. The molecule has 532 valence electrons. The summed E-state index contributed by atoms with van der Waals surface area (Å²) in [6.07, 6.45) is 36.8. The van der Waals surface area contributed by atoms with E-state index in [0.717, 1.165) is 179 Å². The zero-order valence-electron chi connectivity index (χ0n) is 64.4. The first kappa shape index (κ1) is 72.8. The van der Waals surface area contributed by atoms with Crippen molar-refractivity contribution in [2.24, 2.45) is 101 Å². The van der Waals surface area contributed by atoms with Crippen LogP contribution in [-0.2, 0) is 0 Å². The van der Waals surface area contributed by atoms with Gasteiger partial charge in [-0.2, -0.15) is 0 Å². The largest absolute Gasteiger partial charge is 0.303 e. The van der Waals surface area contributed by atoms with Crippen molar-refractivity contribution < 1.29 is 0 Å². The van der Waals surface area contributed by atoms with Crippen LogP contribution in [0.1, 0.15) is 230 Å². The first-order valence-corrected chi connectivity index (χ1v) is 40.8. The molecule has 20 fully saturated rings. The second kappa shape index (κ2) is 31.6. The maximum absolute atomic E-state index is 2.60. The molecule has 10 heteroatoms. The lowest BCUT2D eigenvalue weighted by molar-refractivity contribution is 0.142. The lowest BCUT2D eigenvalue weighted by atomic mass is 9.91. The molecule has 92 heavy (non-hydrogen) atoms. The van der Waals surface area contributed by atoms with Crippen LogP contribution < -0.4 is 0 Å². The molecule has 0 aromatic carbocycles. The van der Waals surface area contributed by atoms with Crippen LogP contribution >= 0.6 is 0 Å². The number of nitrogens with zero attached hydrogens (tertiary/aromatic N) is 10. The standard InChI is InChI=1S/2C9H17N.8C8H15N/c2*1-7-5-8-3-4-9(6-7)10(8)2;2*1-6-3-8-4-7(6)5-9(8)2;3*1-6-3-7-4-8(6)9(2)5-7;2*1-6-7-3-4-8(6)9(2)5-7;1-6-5-7-3-4-8(6)9(7)2/h2*7-9H,3-6H2,1-2H3;8*6-8H,3-5H2,1-2H3. The van der Waals surface area contributed by atoms with Crippen LogP contribution in [0.15, 0.2) is 0 Å². The Morgan fingerprint density at radius 3 is 0.641 bits per heavy atom. The summed E-state index contributed by atoms with van der Waals surface area (Å²) >= 11 is 0. The number of likely N-dealkylation sites (tertiary alicyclic amines) is 7. The van der Waals surface area contributed by atoms with Gasteiger partial charge in [0.15, 0.2) is 0 Å². The van der Waals surface area contributed by atoms with E-state index in [1.165, 1.54) is 206 Å². The Morgan fingerprint density at radius 2 is 0.478 bits per heavy atom.